The highest BCUT2D eigenvalue weighted by Gasteiger charge is 2.16. The molecule has 7 nitrogen and oxygen atoms in total. The fourth-order valence-electron chi connectivity index (χ4n) is 2.86. The number of benzene rings is 2. The van der Waals surface area contributed by atoms with Crippen molar-refractivity contribution in [3.8, 4) is 5.75 Å². The summed E-state index contributed by atoms with van der Waals surface area (Å²) in [6.45, 7) is 0.402. The maximum absolute atomic E-state index is 12.8. The number of aliphatic hydroxyl groups is 1. The average Bonchev–Trinajstić information content (AvgIpc) is 3.13. The Morgan fingerprint density at radius 3 is 2.81 bits per heavy atom. The number of fused-ring (bicyclic) bond motifs is 2. The summed E-state index contributed by atoms with van der Waals surface area (Å²) in [7, 11) is 0. The summed E-state index contributed by atoms with van der Waals surface area (Å²) in [6.07, 6.45) is 5.36. The largest absolute Gasteiger partial charge is 0.491 e. The van der Waals surface area contributed by atoms with Gasteiger partial charge in [-0.05, 0) is 29.0 Å². The van der Waals surface area contributed by atoms with E-state index in [9.17, 15) is 4.79 Å². The number of nitrogens with zero attached hydrogens (tertiary/aromatic N) is 3. The van der Waals surface area contributed by atoms with Gasteiger partial charge in [-0.3, -0.25) is 4.79 Å². The van der Waals surface area contributed by atoms with Gasteiger partial charge in [0.2, 0.25) is 0 Å². The zero-order chi connectivity index (χ0) is 18.6. The van der Waals surface area contributed by atoms with E-state index in [4.69, 9.17) is 9.84 Å². The van der Waals surface area contributed by atoms with Gasteiger partial charge >= 0.3 is 0 Å². The molecule has 0 spiro atoms. The van der Waals surface area contributed by atoms with Crippen LogP contribution in [0.3, 0.4) is 0 Å². The van der Waals surface area contributed by atoms with Crippen molar-refractivity contribution in [2.45, 2.75) is 6.42 Å². The SMILES string of the molecule is O=C(Nc1cc2ccccc2cc1OCCCO)c1cnn2cccnc12. The monoisotopic (exact) mass is 362 g/mol. The second-order valence-electron chi connectivity index (χ2n) is 6.02. The van der Waals surface area contributed by atoms with Crippen LogP contribution in [0.1, 0.15) is 16.8 Å². The predicted molar refractivity (Wildman–Crippen MR) is 102 cm³/mol. The molecule has 0 unspecified atom stereocenters. The number of aliphatic hydroxyl groups excluding tert-OH is 1. The molecule has 4 rings (SSSR count). The van der Waals surface area contributed by atoms with E-state index in [1.54, 1.807) is 23.0 Å². The number of carbonyl (C=O) groups is 1. The maximum Gasteiger partial charge on any atom is 0.261 e. The minimum Gasteiger partial charge on any atom is -0.491 e. The number of hydrogen-bond acceptors (Lipinski definition) is 5. The van der Waals surface area contributed by atoms with Crippen molar-refractivity contribution >= 4 is 28.0 Å². The Balaban J connectivity index is 1.68. The predicted octanol–water partition coefficient (Wildman–Crippen LogP) is 2.90. The van der Waals surface area contributed by atoms with Gasteiger partial charge in [0, 0.05) is 25.4 Å². The summed E-state index contributed by atoms with van der Waals surface area (Å²) in [5.74, 6) is 0.242. The molecule has 0 aliphatic heterocycles. The molecule has 0 bridgehead atoms. The van der Waals surface area contributed by atoms with Crippen molar-refractivity contribution < 1.29 is 14.6 Å². The molecule has 0 saturated carbocycles. The third-order valence-electron chi connectivity index (χ3n) is 4.18. The van der Waals surface area contributed by atoms with Crippen molar-refractivity contribution in [1.82, 2.24) is 14.6 Å². The number of anilines is 1. The third kappa shape index (κ3) is 3.45. The molecule has 136 valence electrons. The first kappa shape index (κ1) is 17.0. The standard InChI is InChI=1S/C20H18N4O3/c25-9-4-10-27-18-12-15-6-2-1-5-14(15)11-17(18)23-20(26)16-13-22-24-8-3-7-21-19(16)24/h1-3,5-8,11-13,25H,4,9-10H2,(H,23,26). The van der Waals surface area contributed by atoms with Gasteiger partial charge < -0.3 is 15.2 Å². The van der Waals surface area contributed by atoms with E-state index in [1.165, 1.54) is 6.20 Å². The number of nitrogens with one attached hydrogen (secondary N) is 1. The van der Waals surface area contributed by atoms with Gasteiger partial charge in [0.15, 0.2) is 5.65 Å². The molecule has 4 aromatic rings. The van der Waals surface area contributed by atoms with E-state index in [1.807, 2.05) is 36.4 Å². The van der Waals surface area contributed by atoms with Gasteiger partial charge in [0.25, 0.3) is 5.91 Å². The first-order chi connectivity index (χ1) is 13.3. The van der Waals surface area contributed by atoms with Gasteiger partial charge in [-0.15, -0.1) is 0 Å². The number of carbonyl (C=O) groups excluding carboxylic acids is 1. The molecule has 2 heterocycles. The number of hydrogen-bond donors (Lipinski definition) is 2. The van der Waals surface area contributed by atoms with Crippen LogP contribution in [0.4, 0.5) is 5.69 Å². The van der Waals surface area contributed by atoms with Crippen molar-refractivity contribution in [2.75, 3.05) is 18.5 Å². The molecule has 27 heavy (non-hydrogen) atoms. The number of rotatable bonds is 6. The van der Waals surface area contributed by atoms with Crippen LogP contribution in [0.15, 0.2) is 61.1 Å². The number of amides is 1. The van der Waals surface area contributed by atoms with Crippen LogP contribution in [0.5, 0.6) is 5.75 Å². The molecule has 0 aliphatic rings. The highest BCUT2D eigenvalue weighted by atomic mass is 16.5. The van der Waals surface area contributed by atoms with Gasteiger partial charge in [-0.25, -0.2) is 9.50 Å². The van der Waals surface area contributed by atoms with Crippen molar-refractivity contribution in [2.24, 2.45) is 0 Å². The zero-order valence-corrected chi connectivity index (χ0v) is 14.5. The van der Waals surface area contributed by atoms with Crippen LogP contribution in [-0.2, 0) is 0 Å². The lowest BCUT2D eigenvalue weighted by molar-refractivity contribution is 0.102. The first-order valence-electron chi connectivity index (χ1n) is 8.62. The quantitative estimate of drug-likeness (QED) is 0.515. The van der Waals surface area contributed by atoms with Crippen molar-refractivity contribution in [3.63, 3.8) is 0 Å². The Morgan fingerprint density at radius 2 is 2.00 bits per heavy atom. The molecule has 7 heteroatoms. The van der Waals surface area contributed by atoms with Crippen LogP contribution >= 0.6 is 0 Å². The lowest BCUT2D eigenvalue weighted by atomic mass is 10.1. The van der Waals surface area contributed by atoms with Gasteiger partial charge in [0.1, 0.15) is 11.3 Å². The molecular weight excluding hydrogens is 344 g/mol. The van der Waals surface area contributed by atoms with Crippen LogP contribution < -0.4 is 10.1 Å². The minimum absolute atomic E-state index is 0.0450. The molecule has 2 aromatic heterocycles. The Hall–Kier alpha value is -3.45. The molecule has 0 atom stereocenters. The van der Waals surface area contributed by atoms with E-state index < -0.39 is 0 Å². The van der Waals surface area contributed by atoms with Crippen LogP contribution in [0, 0.1) is 0 Å². The molecule has 2 N–H and O–H groups in total. The Kier molecular flexibility index (Phi) is 4.67. The van der Waals surface area contributed by atoms with Crippen molar-refractivity contribution in [1.29, 1.82) is 0 Å². The van der Waals surface area contributed by atoms with E-state index in [-0.39, 0.29) is 12.5 Å². The summed E-state index contributed by atoms with van der Waals surface area (Å²) in [6, 6.07) is 13.3. The number of ether oxygens (including phenoxy) is 1. The lowest BCUT2D eigenvalue weighted by Crippen LogP contribution is -2.13. The van der Waals surface area contributed by atoms with E-state index in [0.29, 0.717) is 35.7 Å². The summed E-state index contributed by atoms with van der Waals surface area (Å²) in [4.78, 5) is 17.0. The highest BCUT2D eigenvalue weighted by Crippen LogP contribution is 2.31. The minimum atomic E-state index is -0.314. The zero-order valence-electron chi connectivity index (χ0n) is 14.5. The summed E-state index contributed by atoms with van der Waals surface area (Å²) < 4.78 is 7.33. The molecule has 2 aromatic carbocycles. The average molecular weight is 362 g/mol. The van der Waals surface area contributed by atoms with Crippen LogP contribution in [0.2, 0.25) is 0 Å². The molecule has 0 saturated heterocycles. The fraction of sp³-hybridized carbons (Fsp3) is 0.150. The Labute approximate surface area is 155 Å². The first-order valence-corrected chi connectivity index (χ1v) is 8.62. The maximum atomic E-state index is 12.8. The van der Waals surface area contributed by atoms with Gasteiger partial charge in [0.05, 0.1) is 18.5 Å². The smallest absolute Gasteiger partial charge is 0.261 e. The summed E-state index contributed by atoms with van der Waals surface area (Å²) >= 11 is 0. The van der Waals surface area contributed by atoms with Crippen LogP contribution in [-0.4, -0.2) is 38.8 Å². The van der Waals surface area contributed by atoms with Gasteiger partial charge in [-0.2, -0.15) is 5.10 Å². The van der Waals surface area contributed by atoms with Crippen molar-refractivity contribution in [3.05, 3.63) is 66.6 Å². The van der Waals surface area contributed by atoms with Gasteiger partial charge in [-0.1, -0.05) is 24.3 Å². The Morgan fingerprint density at radius 1 is 1.19 bits per heavy atom. The second kappa shape index (κ2) is 7.43. The molecule has 1 amide bonds. The number of aromatic nitrogens is 3. The lowest BCUT2D eigenvalue weighted by Gasteiger charge is -2.13. The molecule has 0 aliphatic carbocycles. The molecule has 0 radical (unpaired) electrons. The van der Waals surface area contributed by atoms with E-state index >= 15 is 0 Å². The fourth-order valence-corrected chi connectivity index (χ4v) is 2.86. The Bertz CT molecular complexity index is 1110. The highest BCUT2D eigenvalue weighted by molar-refractivity contribution is 6.09. The summed E-state index contributed by atoms with van der Waals surface area (Å²) in [5.41, 5.74) is 1.43. The van der Waals surface area contributed by atoms with Crippen LogP contribution in [0.25, 0.3) is 16.4 Å². The van der Waals surface area contributed by atoms with E-state index in [0.717, 1.165) is 10.8 Å². The summed E-state index contributed by atoms with van der Waals surface area (Å²) in [5, 5.41) is 18.0. The molecule has 0 fully saturated rings. The topological polar surface area (TPSA) is 88.8 Å². The third-order valence-corrected chi connectivity index (χ3v) is 4.18. The molecular formula is C20H18N4O3. The normalized spacial score (nSPS) is 11.0. The van der Waals surface area contributed by atoms with E-state index in [2.05, 4.69) is 15.4 Å². The second-order valence-corrected chi connectivity index (χ2v) is 6.02.